The molecule has 0 saturated carbocycles. The Bertz CT molecular complexity index is 792. The number of methoxy groups -OCH3 is 1. The smallest absolute Gasteiger partial charge is 0.185 e. The van der Waals surface area contributed by atoms with Crippen molar-refractivity contribution < 1.29 is 19.0 Å². The van der Waals surface area contributed by atoms with Gasteiger partial charge in [-0.1, -0.05) is 12.1 Å². The van der Waals surface area contributed by atoms with Crippen molar-refractivity contribution in [3.05, 3.63) is 59.7 Å². The Morgan fingerprint density at radius 2 is 1.85 bits per heavy atom. The van der Waals surface area contributed by atoms with E-state index in [1.165, 1.54) is 0 Å². The van der Waals surface area contributed by atoms with Crippen molar-refractivity contribution in [2.45, 2.75) is 6.92 Å². The highest BCUT2D eigenvalue weighted by Crippen LogP contribution is 2.28. The molecule has 142 valence electrons. The molecule has 1 aliphatic rings. The highest BCUT2D eigenvalue weighted by molar-refractivity contribution is 6.07. The van der Waals surface area contributed by atoms with Gasteiger partial charge in [0.25, 0.3) is 0 Å². The molecule has 1 heterocycles. The number of carbonyl (C=O) groups is 1. The van der Waals surface area contributed by atoms with E-state index < -0.39 is 0 Å². The molecule has 1 aliphatic heterocycles. The van der Waals surface area contributed by atoms with Crippen LogP contribution in [-0.2, 0) is 4.74 Å². The van der Waals surface area contributed by atoms with Gasteiger partial charge in [-0.25, -0.2) is 0 Å². The number of rotatable bonds is 7. The standard InChI is InChI=1S/C22H25NO4/c1-3-27-21-11-5-17(16-22(21)25-2)4-10-20(24)18-6-8-19(9-7-18)23-12-14-26-15-13-23/h4-11,16H,3,12-15H2,1-2H3/b10-4+. The molecule has 0 unspecified atom stereocenters. The average Bonchev–Trinajstić information content (AvgIpc) is 2.73. The maximum atomic E-state index is 12.5. The van der Waals surface area contributed by atoms with E-state index in [2.05, 4.69) is 4.90 Å². The van der Waals surface area contributed by atoms with Crippen LogP contribution in [0.2, 0.25) is 0 Å². The number of carbonyl (C=O) groups excluding carboxylic acids is 1. The number of nitrogens with zero attached hydrogens (tertiary/aromatic N) is 1. The van der Waals surface area contributed by atoms with E-state index in [-0.39, 0.29) is 5.78 Å². The monoisotopic (exact) mass is 367 g/mol. The first-order valence-corrected chi connectivity index (χ1v) is 9.17. The van der Waals surface area contributed by atoms with Crippen molar-refractivity contribution >= 4 is 17.5 Å². The number of ketones is 1. The van der Waals surface area contributed by atoms with Gasteiger partial charge in [-0.3, -0.25) is 4.79 Å². The molecule has 2 aromatic rings. The van der Waals surface area contributed by atoms with Crippen molar-refractivity contribution in [3.8, 4) is 11.5 Å². The van der Waals surface area contributed by atoms with Crippen LogP contribution < -0.4 is 14.4 Å². The molecule has 0 aromatic heterocycles. The molecule has 0 amide bonds. The van der Waals surface area contributed by atoms with Gasteiger partial charge in [0.2, 0.25) is 0 Å². The van der Waals surface area contributed by atoms with Crippen LogP contribution in [0.5, 0.6) is 11.5 Å². The van der Waals surface area contributed by atoms with E-state index in [4.69, 9.17) is 14.2 Å². The summed E-state index contributed by atoms with van der Waals surface area (Å²) < 4.78 is 16.2. The van der Waals surface area contributed by atoms with Crippen LogP contribution in [-0.4, -0.2) is 45.8 Å². The zero-order valence-corrected chi connectivity index (χ0v) is 15.8. The fourth-order valence-electron chi connectivity index (χ4n) is 2.99. The van der Waals surface area contributed by atoms with Crippen LogP contribution in [0.15, 0.2) is 48.5 Å². The normalized spacial score (nSPS) is 14.4. The number of morpholine rings is 1. The predicted molar refractivity (Wildman–Crippen MR) is 107 cm³/mol. The fraction of sp³-hybridized carbons (Fsp3) is 0.318. The Kier molecular flexibility index (Phi) is 6.49. The summed E-state index contributed by atoms with van der Waals surface area (Å²) in [7, 11) is 1.60. The third-order valence-electron chi connectivity index (χ3n) is 4.44. The fourth-order valence-corrected chi connectivity index (χ4v) is 2.99. The zero-order valence-electron chi connectivity index (χ0n) is 15.8. The molecule has 5 nitrogen and oxygen atoms in total. The highest BCUT2D eigenvalue weighted by Gasteiger charge is 2.11. The van der Waals surface area contributed by atoms with Gasteiger partial charge >= 0.3 is 0 Å². The second-order valence-corrected chi connectivity index (χ2v) is 6.19. The predicted octanol–water partition coefficient (Wildman–Crippen LogP) is 3.83. The zero-order chi connectivity index (χ0) is 19.1. The minimum atomic E-state index is -0.0311. The molecule has 0 atom stereocenters. The van der Waals surface area contributed by atoms with Gasteiger partial charge in [0.15, 0.2) is 17.3 Å². The summed E-state index contributed by atoms with van der Waals surface area (Å²) >= 11 is 0. The lowest BCUT2D eigenvalue weighted by molar-refractivity contribution is 0.104. The minimum Gasteiger partial charge on any atom is -0.493 e. The number of allylic oxidation sites excluding steroid dienone is 1. The van der Waals surface area contributed by atoms with Crippen LogP contribution in [0, 0.1) is 0 Å². The first-order valence-electron chi connectivity index (χ1n) is 9.17. The second kappa shape index (κ2) is 9.24. The van der Waals surface area contributed by atoms with Gasteiger partial charge in [-0.2, -0.15) is 0 Å². The quantitative estimate of drug-likeness (QED) is 0.550. The number of hydrogen-bond donors (Lipinski definition) is 0. The van der Waals surface area contributed by atoms with E-state index in [1.807, 2.05) is 49.4 Å². The lowest BCUT2D eigenvalue weighted by Crippen LogP contribution is -2.36. The van der Waals surface area contributed by atoms with Crippen molar-refractivity contribution in [2.75, 3.05) is 44.9 Å². The van der Waals surface area contributed by atoms with Crippen LogP contribution in [0.4, 0.5) is 5.69 Å². The number of hydrogen-bond acceptors (Lipinski definition) is 5. The third kappa shape index (κ3) is 4.89. The summed E-state index contributed by atoms with van der Waals surface area (Å²) in [6.07, 6.45) is 3.37. The number of ether oxygens (including phenoxy) is 3. The van der Waals surface area contributed by atoms with Gasteiger partial charge in [0, 0.05) is 24.3 Å². The van der Waals surface area contributed by atoms with Crippen molar-refractivity contribution in [3.63, 3.8) is 0 Å². The minimum absolute atomic E-state index is 0.0311. The van der Waals surface area contributed by atoms with Gasteiger partial charge < -0.3 is 19.1 Å². The number of anilines is 1. The van der Waals surface area contributed by atoms with Crippen molar-refractivity contribution in [1.82, 2.24) is 0 Å². The maximum absolute atomic E-state index is 12.5. The Balaban J connectivity index is 1.67. The summed E-state index contributed by atoms with van der Waals surface area (Å²) in [5.74, 6) is 1.32. The summed E-state index contributed by atoms with van der Waals surface area (Å²) in [5, 5.41) is 0. The van der Waals surface area contributed by atoms with E-state index in [0.29, 0.717) is 23.7 Å². The molecule has 0 radical (unpaired) electrons. The molecule has 1 saturated heterocycles. The molecule has 0 bridgehead atoms. The molecule has 5 heteroatoms. The van der Waals surface area contributed by atoms with E-state index in [9.17, 15) is 4.79 Å². The lowest BCUT2D eigenvalue weighted by Gasteiger charge is -2.28. The Morgan fingerprint density at radius 1 is 1.11 bits per heavy atom. The van der Waals surface area contributed by atoms with Gasteiger partial charge in [-0.15, -0.1) is 0 Å². The SMILES string of the molecule is CCOc1ccc(/C=C/C(=O)c2ccc(N3CCOCC3)cc2)cc1OC. The summed E-state index contributed by atoms with van der Waals surface area (Å²) in [5.41, 5.74) is 2.67. The lowest BCUT2D eigenvalue weighted by atomic mass is 10.1. The van der Waals surface area contributed by atoms with Crippen LogP contribution in [0.25, 0.3) is 6.08 Å². The molecule has 0 aliphatic carbocycles. The van der Waals surface area contributed by atoms with Crippen LogP contribution >= 0.6 is 0 Å². The number of benzene rings is 2. The third-order valence-corrected chi connectivity index (χ3v) is 4.44. The Hall–Kier alpha value is -2.79. The summed E-state index contributed by atoms with van der Waals surface area (Å²) in [6.45, 7) is 5.75. The van der Waals surface area contributed by atoms with Gasteiger partial charge in [0.1, 0.15) is 0 Å². The van der Waals surface area contributed by atoms with Crippen LogP contribution in [0.1, 0.15) is 22.8 Å². The molecule has 0 N–H and O–H groups in total. The van der Waals surface area contributed by atoms with Crippen molar-refractivity contribution in [1.29, 1.82) is 0 Å². The van der Waals surface area contributed by atoms with Crippen LogP contribution in [0.3, 0.4) is 0 Å². The van der Waals surface area contributed by atoms with E-state index >= 15 is 0 Å². The largest absolute Gasteiger partial charge is 0.493 e. The van der Waals surface area contributed by atoms with E-state index in [0.717, 1.165) is 37.6 Å². The summed E-state index contributed by atoms with van der Waals surface area (Å²) in [4.78, 5) is 14.7. The molecular weight excluding hydrogens is 342 g/mol. The molecule has 2 aromatic carbocycles. The summed E-state index contributed by atoms with van der Waals surface area (Å²) in [6, 6.07) is 13.3. The van der Waals surface area contributed by atoms with E-state index in [1.54, 1.807) is 19.3 Å². The van der Waals surface area contributed by atoms with Crippen molar-refractivity contribution in [2.24, 2.45) is 0 Å². The average molecular weight is 367 g/mol. The molecule has 1 fully saturated rings. The Morgan fingerprint density at radius 3 is 2.52 bits per heavy atom. The second-order valence-electron chi connectivity index (χ2n) is 6.19. The van der Waals surface area contributed by atoms with Gasteiger partial charge in [0.05, 0.1) is 26.9 Å². The molecule has 3 rings (SSSR count). The topological polar surface area (TPSA) is 48.0 Å². The first kappa shape index (κ1) is 19.0. The Labute approximate surface area is 160 Å². The maximum Gasteiger partial charge on any atom is 0.185 e. The van der Waals surface area contributed by atoms with Gasteiger partial charge in [-0.05, 0) is 55.0 Å². The molecule has 0 spiro atoms. The first-order chi connectivity index (χ1) is 13.2. The molecule has 27 heavy (non-hydrogen) atoms. The highest BCUT2D eigenvalue weighted by atomic mass is 16.5. The molecular formula is C22H25NO4.